The zero-order chi connectivity index (χ0) is 33.7. The molecule has 0 rings (SSSR count). The molecular formula is C36H66N2O6P+. The molecule has 0 saturated heterocycles. The summed E-state index contributed by atoms with van der Waals surface area (Å²) in [7, 11) is 1.53. The van der Waals surface area contributed by atoms with E-state index in [9.17, 15) is 19.4 Å². The van der Waals surface area contributed by atoms with Crippen LogP contribution in [0.15, 0.2) is 60.8 Å². The Balaban J connectivity index is 4.48. The minimum absolute atomic E-state index is 0.0524. The van der Waals surface area contributed by atoms with Gasteiger partial charge in [-0.25, -0.2) is 4.57 Å². The number of carbonyl (C=O) groups excluding carboxylic acids is 1. The molecule has 0 aromatic rings. The van der Waals surface area contributed by atoms with Crippen LogP contribution in [-0.2, 0) is 18.4 Å². The van der Waals surface area contributed by atoms with Gasteiger partial charge >= 0.3 is 7.82 Å². The van der Waals surface area contributed by atoms with Crippen LogP contribution in [0.2, 0.25) is 0 Å². The number of likely N-dealkylation sites (N-methyl/N-ethyl adjacent to an activating group) is 1. The molecule has 0 aliphatic rings. The Labute approximate surface area is 275 Å². The number of unbranched alkanes of at least 4 members (excludes halogenated alkanes) is 8. The highest BCUT2D eigenvalue weighted by molar-refractivity contribution is 7.47. The Bertz CT molecular complexity index is 923. The summed E-state index contributed by atoms with van der Waals surface area (Å²) in [6, 6.07) is -0.856. The molecule has 3 N–H and O–H groups in total. The minimum atomic E-state index is -4.33. The number of hydrogen-bond donors (Lipinski definition) is 3. The molecule has 0 bridgehead atoms. The SMILES string of the molecule is CC/C=C\C/C=C\C/C=C\C/C=C\CCCCCCC(=O)NC(COP(=O)(O)OCC[N+](C)(C)C)C(O)/C=C/CCCCCC. The highest BCUT2D eigenvalue weighted by Crippen LogP contribution is 2.43. The molecule has 45 heavy (non-hydrogen) atoms. The van der Waals surface area contributed by atoms with E-state index in [0.29, 0.717) is 17.4 Å². The molecule has 1 amide bonds. The first-order valence-corrected chi connectivity index (χ1v) is 18.7. The third kappa shape index (κ3) is 30.6. The monoisotopic (exact) mass is 653 g/mol. The maximum absolute atomic E-state index is 12.7. The molecule has 0 aromatic heterocycles. The Morgan fingerprint density at radius 3 is 1.93 bits per heavy atom. The molecular weight excluding hydrogens is 587 g/mol. The van der Waals surface area contributed by atoms with Crippen molar-refractivity contribution >= 4 is 13.7 Å². The van der Waals surface area contributed by atoms with Gasteiger partial charge in [-0.15, -0.1) is 0 Å². The van der Waals surface area contributed by atoms with Crippen LogP contribution in [-0.4, -0.2) is 73.4 Å². The number of phosphoric ester groups is 1. The van der Waals surface area contributed by atoms with E-state index in [2.05, 4.69) is 67.8 Å². The van der Waals surface area contributed by atoms with Crippen molar-refractivity contribution in [1.82, 2.24) is 5.32 Å². The van der Waals surface area contributed by atoms with Gasteiger partial charge in [0, 0.05) is 6.42 Å². The van der Waals surface area contributed by atoms with Gasteiger partial charge in [0.15, 0.2) is 0 Å². The molecule has 260 valence electrons. The summed E-state index contributed by atoms with van der Waals surface area (Å²) in [5, 5.41) is 13.6. The van der Waals surface area contributed by atoms with E-state index >= 15 is 0 Å². The highest BCUT2D eigenvalue weighted by Gasteiger charge is 2.27. The van der Waals surface area contributed by atoms with Gasteiger partial charge in [0.05, 0.1) is 39.9 Å². The van der Waals surface area contributed by atoms with Crippen LogP contribution in [0.5, 0.6) is 0 Å². The molecule has 0 saturated carbocycles. The second kappa shape index (κ2) is 28.4. The molecule has 0 aromatic carbocycles. The fourth-order valence-electron chi connectivity index (χ4n) is 4.20. The van der Waals surface area contributed by atoms with Crippen LogP contribution < -0.4 is 5.32 Å². The molecule has 0 aliphatic heterocycles. The Morgan fingerprint density at radius 2 is 1.33 bits per heavy atom. The number of allylic oxidation sites excluding steroid dienone is 9. The van der Waals surface area contributed by atoms with Crippen LogP contribution in [0.1, 0.15) is 110 Å². The number of aliphatic hydroxyl groups is 1. The zero-order valence-corrected chi connectivity index (χ0v) is 30.0. The summed E-state index contributed by atoms with van der Waals surface area (Å²) in [4.78, 5) is 22.8. The van der Waals surface area contributed by atoms with Gasteiger partial charge in [0.2, 0.25) is 5.91 Å². The van der Waals surface area contributed by atoms with E-state index in [0.717, 1.165) is 83.5 Å². The molecule has 0 fully saturated rings. The smallest absolute Gasteiger partial charge is 0.387 e. The van der Waals surface area contributed by atoms with E-state index < -0.39 is 20.0 Å². The lowest BCUT2D eigenvalue weighted by atomic mass is 10.1. The third-order valence-electron chi connectivity index (χ3n) is 6.99. The Morgan fingerprint density at radius 1 is 0.778 bits per heavy atom. The number of carbonyl (C=O) groups is 1. The van der Waals surface area contributed by atoms with Crippen molar-refractivity contribution in [2.45, 2.75) is 122 Å². The molecule has 0 aliphatic carbocycles. The first-order chi connectivity index (χ1) is 21.5. The van der Waals surface area contributed by atoms with Crippen LogP contribution in [0, 0.1) is 0 Å². The second-order valence-electron chi connectivity index (χ2n) is 12.5. The molecule has 9 heteroatoms. The number of amides is 1. The topological polar surface area (TPSA) is 105 Å². The van der Waals surface area contributed by atoms with E-state index in [-0.39, 0.29) is 19.1 Å². The van der Waals surface area contributed by atoms with Crippen molar-refractivity contribution in [1.29, 1.82) is 0 Å². The average molecular weight is 654 g/mol. The zero-order valence-electron chi connectivity index (χ0n) is 29.1. The third-order valence-corrected chi connectivity index (χ3v) is 7.98. The summed E-state index contributed by atoms with van der Waals surface area (Å²) in [5.41, 5.74) is 0. The van der Waals surface area contributed by atoms with E-state index in [1.54, 1.807) is 6.08 Å². The van der Waals surface area contributed by atoms with Crippen LogP contribution >= 0.6 is 7.82 Å². The maximum Gasteiger partial charge on any atom is 0.472 e. The van der Waals surface area contributed by atoms with Crippen molar-refractivity contribution in [2.24, 2.45) is 0 Å². The van der Waals surface area contributed by atoms with Crippen molar-refractivity contribution in [2.75, 3.05) is 40.9 Å². The van der Waals surface area contributed by atoms with Crippen molar-refractivity contribution in [3.8, 4) is 0 Å². The molecule has 8 nitrogen and oxygen atoms in total. The first kappa shape index (κ1) is 43.2. The van der Waals surface area contributed by atoms with Crippen LogP contribution in [0.3, 0.4) is 0 Å². The predicted molar refractivity (Wildman–Crippen MR) is 189 cm³/mol. The van der Waals surface area contributed by atoms with Gasteiger partial charge < -0.3 is 19.8 Å². The lowest BCUT2D eigenvalue weighted by Gasteiger charge is -2.25. The van der Waals surface area contributed by atoms with E-state index in [1.165, 1.54) is 6.42 Å². The number of quaternary nitrogens is 1. The van der Waals surface area contributed by atoms with Gasteiger partial charge in [-0.2, -0.15) is 0 Å². The van der Waals surface area contributed by atoms with Gasteiger partial charge in [0.25, 0.3) is 0 Å². The number of aliphatic hydroxyl groups excluding tert-OH is 1. The lowest BCUT2D eigenvalue weighted by Crippen LogP contribution is -2.45. The summed E-state index contributed by atoms with van der Waals surface area (Å²) in [5.74, 6) is -0.211. The first-order valence-electron chi connectivity index (χ1n) is 17.2. The quantitative estimate of drug-likeness (QED) is 0.0324. The fraction of sp³-hybridized carbons (Fsp3) is 0.694. The number of hydrogen-bond acceptors (Lipinski definition) is 5. The highest BCUT2D eigenvalue weighted by atomic mass is 31.2. The molecule has 0 heterocycles. The van der Waals surface area contributed by atoms with Crippen LogP contribution in [0.4, 0.5) is 0 Å². The number of phosphoric acid groups is 1. The van der Waals surface area contributed by atoms with Crippen molar-refractivity contribution in [3.05, 3.63) is 60.8 Å². The van der Waals surface area contributed by atoms with Gasteiger partial charge in [0.1, 0.15) is 13.2 Å². The standard InChI is InChI=1S/C36H65N2O6P/c1-6-8-10-12-14-15-16-17-18-19-20-21-22-23-24-26-28-30-36(40)37-34(35(39)29-27-25-13-11-9-7-2)33-44-45(41,42)43-32-31-38(3,4)5/h8,10,14-15,17-18,20-21,27,29,34-35,39H,6-7,9,11-13,16,19,22-26,28,30-33H2,1-5H3,(H-,37,40,41,42)/p+1/b10-8-,15-14-,18-17-,21-20-,29-27+. The number of nitrogens with one attached hydrogen (secondary N) is 1. The summed E-state index contributed by atoms with van der Waals surface area (Å²) >= 11 is 0. The predicted octanol–water partition coefficient (Wildman–Crippen LogP) is 8.34. The van der Waals surface area contributed by atoms with E-state index in [1.807, 2.05) is 27.2 Å². The molecule has 3 atom stereocenters. The number of nitrogens with zero attached hydrogens (tertiary/aromatic N) is 1. The Hall–Kier alpha value is -1.80. The molecule has 0 spiro atoms. The van der Waals surface area contributed by atoms with Gasteiger partial charge in [-0.1, -0.05) is 107 Å². The van der Waals surface area contributed by atoms with E-state index in [4.69, 9.17) is 9.05 Å². The number of rotatable bonds is 29. The van der Waals surface area contributed by atoms with Gasteiger partial charge in [-0.3, -0.25) is 13.8 Å². The van der Waals surface area contributed by atoms with Gasteiger partial charge in [-0.05, 0) is 57.8 Å². The largest absolute Gasteiger partial charge is 0.472 e. The second-order valence-corrected chi connectivity index (χ2v) is 14.0. The minimum Gasteiger partial charge on any atom is -0.387 e. The van der Waals surface area contributed by atoms with Crippen molar-refractivity contribution in [3.63, 3.8) is 0 Å². The summed E-state index contributed by atoms with van der Waals surface area (Å²) < 4.78 is 23.2. The molecule has 0 radical (unpaired) electrons. The summed E-state index contributed by atoms with van der Waals surface area (Å²) in [6.07, 6.45) is 34.5. The lowest BCUT2D eigenvalue weighted by molar-refractivity contribution is -0.870. The Kier molecular flexibility index (Phi) is 27.3. The van der Waals surface area contributed by atoms with Crippen LogP contribution in [0.25, 0.3) is 0 Å². The average Bonchev–Trinajstić information content (AvgIpc) is 2.97. The maximum atomic E-state index is 12.7. The van der Waals surface area contributed by atoms with Crippen molar-refractivity contribution < 1.29 is 32.9 Å². The molecule has 3 unspecified atom stereocenters. The summed E-state index contributed by atoms with van der Waals surface area (Å²) in [6.45, 7) is 4.55. The normalized spacial score (nSPS) is 15.6. The fourth-order valence-corrected chi connectivity index (χ4v) is 4.94.